The standard InChI is InChI=1S/C20H24N4O5/c21-13-5-4-8-18(22)19(25)23(16-9-11-17(12-10-16)24(27)28)20(26)29-14-15-6-2-1-3-7-15/h1-3,6-7,9-12,18H,4-5,8,13-14,21-22H2/t18-/m0/s1. The van der Waals surface area contributed by atoms with E-state index in [4.69, 9.17) is 16.2 Å². The third-order valence-corrected chi connectivity index (χ3v) is 4.21. The second kappa shape index (κ2) is 10.9. The van der Waals surface area contributed by atoms with Crippen LogP contribution in [0.25, 0.3) is 0 Å². The van der Waals surface area contributed by atoms with Gasteiger partial charge in [-0.2, -0.15) is 0 Å². The van der Waals surface area contributed by atoms with E-state index < -0.39 is 23.0 Å². The molecule has 2 aromatic rings. The predicted molar refractivity (Wildman–Crippen MR) is 108 cm³/mol. The first kappa shape index (κ1) is 22.0. The van der Waals surface area contributed by atoms with Gasteiger partial charge >= 0.3 is 6.09 Å². The zero-order valence-corrected chi connectivity index (χ0v) is 15.9. The van der Waals surface area contributed by atoms with Gasteiger partial charge in [0.1, 0.15) is 6.61 Å². The number of carbonyl (C=O) groups excluding carboxylic acids is 2. The number of carbonyl (C=O) groups is 2. The Labute approximate surface area is 168 Å². The lowest BCUT2D eigenvalue weighted by atomic mass is 10.1. The lowest BCUT2D eigenvalue weighted by Crippen LogP contribution is -2.47. The molecule has 0 unspecified atom stereocenters. The summed E-state index contributed by atoms with van der Waals surface area (Å²) in [5, 5.41) is 10.9. The van der Waals surface area contributed by atoms with Gasteiger partial charge in [0.25, 0.3) is 11.6 Å². The Hall–Kier alpha value is -3.30. The van der Waals surface area contributed by atoms with Gasteiger partial charge in [0, 0.05) is 12.1 Å². The van der Waals surface area contributed by atoms with Crippen molar-refractivity contribution in [2.45, 2.75) is 31.9 Å². The summed E-state index contributed by atoms with van der Waals surface area (Å²) in [5.74, 6) is -0.645. The molecule has 0 radical (unpaired) electrons. The van der Waals surface area contributed by atoms with Crippen molar-refractivity contribution >= 4 is 23.4 Å². The first-order valence-corrected chi connectivity index (χ1v) is 9.18. The van der Waals surface area contributed by atoms with Gasteiger partial charge < -0.3 is 16.2 Å². The molecule has 0 aliphatic rings. The third kappa shape index (κ3) is 6.37. The summed E-state index contributed by atoms with van der Waals surface area (Å²) in [6.45, 7) is 0.449. The molecule has 0 spiro atoms. The number of benzene rings is 2. The molecule has 0 saturated carbocycles. The first-order valence-electron chi connectivity index (χ1n) is 9.18. The second-order valence-corrected chi connectivity index (χ2v) is 6.38. The summed E-state index contributed by atoms with van der Waals surface area (Å²) in [7, 11) is 0. The summed E-state index contributed by atoms with van der Waals surface area (Å²) in [6, 6.07) is 13.1. The van der Waals surface area contributed by atoms with Crippen molar-refractivity contribution in [1.29, 1.82) is 0 Å². The van der Waals surface area contributed by atoms with Crippen molar-refractivity contribution in [1.82, 2.24) is 0 Å². The third-order valence-electron chi connectivity index (χ3n) is 4.21. The SMILES string of the molecule is NCCCC[C@H](N)C(=O)N(C(=O)OCc1ccccc1)c1ccc([N+](=O)[O-])cc1. The van der Waals surface area contributed by atoms with E-state index in [-0.39, 0.29) is 18.0 Å². The Balaban J connectivity index is 2.20. The highest BCUT2D eigenvalue weighted by atomic mass is 16.6. The van der Waals surface area contributed by atoms with E-state index in [2.05, 4.69) is 0 Å². The van der Waals surface area contributed by atoms with Gasteiger partial charge in [-0.3, -0.25) is 14.9 Å². The highest BCUT2D eigenvalue weighted by Gasteiger charge is 2.29. The fourth-order valence-corrected chi connectivity index (χ4v) is 2.63. The van der Waals surface area contributed by atoms with Gasteiger partial charge in [-0.15, -0.1) is 0 Å². The number of anilines is 1. The number of unbranched alkanes of at least 4 members (excludes halogenated alkanes) is 1. The number of nitrogens with two attached hydrogens (primary N) is 2. The number of ether oxygens (including phenoxy) is 1. The molecule has 9 nitrogen and oxygen atoms in total. The van der Waals surface area contributed by atoms with Crippen LogP contribution >= 0.6 is 0 Å². The van der Waals surface area contributed by atoms with E-state index in [9.17, 15) is 19.7 Å². The molecule has 1 atom stereocenters. The van der Waals surface area contributed by atoms with E-state index in [1.54, 1.807) is 24.3 Å². The van der Waals surface area contributed by atoms with Crippen LogP contribution in [-0.2, 0) is 16.1 Å². The van der Waals surface area contributed by atoms with Crippen molar-refractivity contribution in [3.05, 3.63) is 70.3 Å². The Morgan fingerprint density at radius 2 is 1.72 bits per heavy atom. The van der Waals surface area contributed by atoms with E-state index in [1.165, 1.54) is 24.3 Å². The topological polar surface area (TPSA) is 142 Å². The first-order chi connectivity index (χ1) is 13.9. The molecule has 0 aliphatic carbocycles. The number of nitro benzene ring substituents is 1. The molecule has 29 heavy (non-hydrogen) atoms. The van der Waals surface area contributed by atoms with Gasteiger partial charge in [-0.25, -0.2) is 9.69 Å². The number of hydrogen-bond acceptors (Lipinski definition) is 7. The molecular weight excluding hydrogens is 376 g/mol. The average molecular weight is 400 g/mol. The van der Waals surface area contributed by atoms with Gasteiger partial charge in [0.05, 0.1) is 16.7 Å². The van der Waals surface area contributed by atoms with Crippen LogP contribution in [0.15, 0.2) is 54.6 Å². The molecule has 0 bridgehead atoms. The van der Waals surface area contributed by atoms with Crippen LogP contribution in [0.5, 0.6) is 0 Å². The zero-order valence-electron chi connectivity index (χ0n) is 15.9. The molecule has 9 heteroatoms. The molecule has 0 saturated heterocycles. The van der Waals surface area contributed by atoms with Gasteiger partial charge in [-0.05, 0) is 37.1 Å². The van der Waals surface area contributed by atoms with Crippen LogP contribution in [0.2, 0.25) is 0 Å². The van der Waals surface area contributed by atoms with E-state index in [0.717, 1.165) is 10.5 Å². The average Bonchev–Trinajstić information content (AvgIpc) is 2.73. The summed E-state index contributed by atoms with van der Waals surface area (Å²) >= 11 is 0. The highest BCUT2D eigenvalue weighted by Crippen LogP contribution is 2.22. The Kier molecular flexibility index (Phi) is 8.26. The molecule has 154 valence electrons. The number of non-ortho nitro benzene ring substituents is 1. The van der Waals surface area contributed by atoms with Crippen LogP contribution in [0, 0.1) is 10.1 Å². The number of imide groups is 1. The maximum Gasteiger partial charge on any atom is 0.421 e. The Bertz CT molecular complexity index is 827. The molecule has 0 fully saturated rings. The molecule has 0 aliphatic heterocycles. The number of hydrogen-bond donors (Lipinski definition) is 2. The normalized spacial score (nSPS) is 11.5. The summed E-state index contributed by atoms with van der Waals surface area (Å²) in [5.41, 5.74) is 12.2. The summed E-state index contributed by atoms with van der Waals surface area (Å²) in [4.78, 5) is 36.6. The minimum absolute atomic E-state index is 0.0289. The van der Waals surface area contributed by atoms with Crippen molar-refractivity contribution < 1.29 is 19.2 Å². The van der Waals surface area contributed by atoms with Crippen molar-refractivity contribution in [3.8, 4) is 0 Å². The van der Waals surface area contributed by atoms with E-state index in [1.807, 2.05) is 6.07 Å². The van der Waals surface area contributed by atoms with Crippen molar-refractivity contribution in [2.24, 2.45) is 11.5 Å². The quantitative estimate of drug-likeness (QED) is 0.374. The van der Waals surface area contributed by atoms with Crippen molar-refractivity contribution in [3.63, 3.8) is 0 Å². The van der Waals surface area contributed by atoms with Crippen LogP contribution in [-0.4, -0.2) is 29.5 Å². The molecule has 2 amide bonds. The highest BCUT2D eigenvalue weighted by molar-refractivity contribution is 6.14. The van der Waals surface area contributed by atoms with Crippen LogP contribution in [0.1, 0.15) is 24.8 Å². The van der Waals surface area contributed by atoms with E-state index >= 15 is 0 Å². The maximum atomic E-state index is 12.8. The molecule has 2 aromatic carbocycles. The van der Waals surface area contributed by atoms with Crippen LogP contribution < -0.4 is 16.4 Å². The number of rotatable bonds is 9. The number of amides is 2. The molecule has 2 rings (SSSR count). The predicted octanol–water partition coefficient (Wildman–Crippen LogP) is 2.72. The van der Waals surface area contributed by atoms with Crippen LogP contribution in [0.4, 0.5) is 16.2 Å². The minimum atomic E-state index is -0.930. The molecule has 0 aromatic heterocycles. The molecule has 0 heterocycles. The Morgan fingerprint density at radius 3 is 2.31 bits per heavy atom. The minimum Gasteiger partial charge on any atom is -0.444 e. The second-order valence-electron chi connectivity index (χ2n) is 6.38. The fourth-order valence-electron chi connectivity index (χ4n) is 2.63. The Morgan fingerprint density at radius 1 is 1.07 bits per heavy atom. The number of nitrogens with zero attached hydrogens (tertiary/aromatic N) is 2. The zero-order chi connectivity index (χ0) is 21.2. The van der Waals surface area contributed by atoms with Gasteiger partial charge in [0.15, 0.2) is 0 Å². The van der Waals surface area contributed by atoms with E-state index in [0.29, 0.717) is 25.8 Å². The van der Waals surface area contributed by atoms with Gasteiger partial charge in [-0.1, -0.05) is 36.8 Å². The smallest absolute Gasteiger partial charge is 0.421 e. The fraction of sp³-hybridized carbons (Fsp3) is 0.300. The molecule has 4 N–H and O–H groups in total. The lowest BCUT2D eigenvalue weighted by Gasteiger charge is -2.23. The van der Waals surface area contributed by atoms with Crippen molar-refractivity contribution in [2.75, 3.05) is 11.4 Å². The molecular formula is C20H24N4O5. The summed E-state index contributed by atoms with van der Waals surface area (Å²) < 4.78 is 5.28. The monoisotopic (exact) mass is 400 g/mol. The summed E-state index contributed by atoms with van der Waals surface area (Å²) in [6.07, 6.45) is 0.793. The van der Waals surface area contributed by atoms with Gasteiger partial charge in [0.2, 0.25) is 0 Å². The lowest BCUT2D eigenvalue weighted by molar-refractivity contribution is -0.384. The number of nitro groups is 1. The maximum absolute atomic E-state index is 12.8. The van der Waals surface area contributed by atoms with Crippen LogP contribution in [0.3, 0.4) is 0 Å². The largest absolute Gasteiger partial charge is 0.444 e.